The van der Waals surface area contributed by atoms with Crippen molar-refractivity contribution in [3.63, 3.8) is 0 Å². The van der Waals surface area contributed by atoms with Crippen LogP contribution in [0.5, 0.6) is 0 Å². The van der Waals surface area contributed by atoms with Gasteiger partial charge in [-0.3, -0.25) is 0 Å². The average molecular weight is 361 g/mol. The first-order valence-corrected chi connectivity index (χ1v) is 9.15. The van der Waals surface area contributed by atoms with Crippen molar-refractivity contribution in [2.75, 3.05) is 19.6 Å². The normalized spacial score (nSPS) is 20.7. The first kappa shape index (κ1) is 15.9. The van der Waals surface area contributed by atoms with Crippen molar-refractivity contribution in [3.8, 4) is 0 Å². The van der Waals surface area contributed by atoms with Gasteiger partial charge < -0.3 is 4.90 Å². The zero-order valence-corrected chi connectivity index (χ0v) is 14.2. The van der Waals surface area contributed by atoms with Crippen molar-refractivity contribution >= 4 is 26.0 Å². The minimum absolute atomic E-state index is 0.319. The average Bonchev–Trinajstić information content (AvgIpc) is 2.86. The van der Waals surface area contributed by atoms with Crippen LogP contribution >= 0.6 is 15.9 Å². The van der Waals surface area contributed by atoms with Crippen LogP contribution in [0, 0.1) is 5.92 Å². The molecule has 1 aromatic carbocycles. The lowest BCUT2D eigenvalue weighted by atomic mass is 10.1. The minimum atomic E-state index is -3.39. The van der Waals surface area contributed by atoms with E-state index in [1.165, 1.54) is 0 Å². The van der Waals surface area contributed by atoms with Crippen molar-refractivity contribution in [1.29, 1.82) is 0 Å². The number of nitrogens with one attached hydrogen (secondary N) is 1. The Hall–Kier alpha value is -0.430. The molecule has 1 fully saturated rings. The predicted octanol–water partition coefficient (Wildman–Crippen LogP) is 2.46. The van der Waals surface area contributed by atoms with Gasteiger partial charge in [0.05, 0.1) is 4.90 Å². The Morgan fingerprint density at radius 3 is 2.55 bits per heavy atom. The molecule has 1 aliphatic heterocycles. The lowest BCUT2D eigenvalue weighted by molar-refractivity contribution is 0.265. The molecule has 2 rings (SSSR count). The summed E-state index contributed by atoms with van der Waals surface area (Å²) < 4.78 is 28.0. The summed E-state index contributed by atoms with van der Waals surface area (Å²) in [5.74, 6) is 0.405. The van der Waals surface area contributed by atoms with E-state index in [2.05, 4.69) is 39.4 Å². The molecule has 1 aromatic rings. The summed E-state index contributed by atoms with van der Waals surface area (Å²) in [7, 11) is -3.39. The molecule has 0 bridgehead atoms. The molecule has 0 amide bonds. The van der Waals surface area contributed by atoms with Gasteiger partial charge in [0, 0.05) is 23.6 Å². The van der Waals surface area contributed by atoms with Crippen molar-refractivity contribution in [1.82, 2.24) is 9.62 Å². The molecule has 0 aromatic heterocycles. The highest BCUT2D eigenvalue weighted by atomic mass is 79.9. The molecular formula is C14H21BrN2O2S. The molecule has 20 heavy (non-hydrogen) atoms. The molecule has 112 valence electrons. The Balaban J connectivity index is 1.92. The molecule has 1 atom stereocenters. The van der Waals surface area contributed by atoms with E-state index in [-0.39, 0.29) is 0 Å². The second-order valence-electron chi connectivity index (χ2n) is 5.55. The van der Waals surface area contributed by atoms with Crippen LogP contribution in [-0.2, 0) is 10.0 Å². The number of likely N-dealkylation sites (tertiary alicyclic amines) is 1. The van der Waals surface area contributed by atoms with Crippen LogP contribution in [-0.4, -0.2) is 39.0 Å². The number of benzene rings is 1. The molecule has 1 saturated heterocycles. The quantitative estimate of drug-likeness (QED) is 0.877. The zero-order valence-electron chi connectivity index (χ0n) is 11.8. The van der Waals surface area contributed by atoms with Crippen molar-refractivity contribution in [2.45, 2.75) is 31.2 Å². The van der Waals surface area contributed by atoms with Gasteiger partial charge >= 0.3 is 0 Å². The van der Waals surface area contributed by atoms with Crippen molar-refractivity contribution < 1.29 is 8.42 Å². The van der Waals surface area contributed by atoms with Crippen LogP contribution in [0.2, 0.25) is 0 Å². The number of rotatable bonds is 5. The highest BCUT2D eigenvalue weighted by Crippen LogP contribution is 2.19. The number of hydrogen-bond donors (Lipinski definition) is 1. The van der Waals surface area contributed by atoms with Gasteiger partial charge in [-0.1, -0.05) is 15.9 Å². The van der Waals surface area contributed by atoms with Crippen LogP contribution in [0.4, 0.5) is 0 Å². The lowest BCUT2D eigenvalue weighted by Gasteiger charge is -2.20. The number of hydrogen-bond acceptors (Lipinski definition) is 3. The fraction of sp³-hybridized carbons (Fsp3) is 0.571. The Morgan fingerprint density at radius 2 is 2.00 bits per heavy atom. The Kier molecular flexibility index (Phi) is 5.23. The fourth-order valence-electron chi connectivity index (χ4n) is 2.42. The topological polar surface area (TPSA) is 49.4 Å². The van der Waals surface area contributed by atoms with Crippen LogP contribution in [0.25, 0.3) is 0 Å². The van der Waals surface area contributed by atoms with Gasteiger partial charge in [-0.25, -0.2) is 13.1 Å². The smallest absolute Gasteiger partial charge is 0.240 e. The van der Waals surface area contributed by atoms with Gasteiger partial charge in [0.25, 0.3) is 0 Å². The van der Waals surface area contributed by atoms with E-state index < -0.39 is 10.0 Å². The van der Waals surface area contributed by atoms with Gasteiger partial charge in [-0.2, -0.15) is 0 Å². The second kappa shape index (κ2) is 6.56. The Labute approximate surface area is 129 Å². The van der Waals surface area contributed by atoms with Gasteiger partial charge in [-0.15, -0.1) is 0 Å². The van der Waals surface area contributed by atoms with Crippen LogP contribution in [0.1, 0.15) is 20.3 Å². The Morgan fingerprint density at radius 1 is 1.35 bits per heavy atom. The molecule has 0 aliphatic carbocycles. The summed E-state index contributed by atoms with van der Waals surface area (Å²) in [6, 6.07) is 7.24. The molecule has 0 saturated carbocycles. The van der Waals surface area contributed by atoms with Gasteiger partial charge in [0.2, 0.25) is 10.0 Å². The molecule has 4 nitrogen and oxygen atoms in total. The summed E-state index contributed by atoms with van der Waals surface area (Å²) in [6.45, 7) is 6.90. The predicted molar refractivity (Wildman–Crippen MR) is 84.1 cm³/mol. The van der Waals surface area contributed by atoms with E-state index in [4.69, 9.17) is 0 Å². The largest absolute Gasteiger partial charge is 0.301 e. The maximum absolute atomic E-state index is 12.2. The number of halogens is 1. The van der Waals surface area contributed by atoms with Crippen LogP contribution < -0.4 is 4.72 Å². The first-order valence-electron chi connectivity index (χ1n) is 6.88. The molecular weight excluding hydrogens is 340 g/mol. The molecule has 6 heteroatoms. The summed E-state index contributed by atoms with van der Waals surface area (Å²) >= 11 is 3.30. The summed E-state index contributed by atoms with van der Waals surface area (Å²) in [4.78, 5) is 2.71. The monoisotopic (exact) mass is 360 g/mol. The third-order valence-corrected chi connectivity index (χ3v) is 5.70. The van der Waals surface area contributed by atoms with E-state index in [1.54, 1.807) is 24.3 Å². The summed E-state index contributed by atoms with van der Waals surface area (Å²) in [6.07, 6.45) is 1.06. The van der Waals surface area contributed by atoms with Crippen molar-refractivity contribution in [3.05, 3.63) is 28.7 Å². The third-order valence-electron chi connectivity index (χ3n) is 3.73. The van der Waals surface area contributed by atoms with Crippen LogP contribution in [0.3, 0.4) is 0 Å². The molecule has 1 unspecified atom stereocenters. The zero-order chi connectivity index (χ0) is 14.8. The van der Waals surface area contributed by atoms with Gasteiger partial charge in [-0.05, 0) is 57.0 Å². The number of nitrogens with zero attached hydrogens (tertiary/aromatic N) is 1. The van der Waals surface area contributed by atoms with Crippen LogP contribution in [0.15, 0.2) is 33.6 Å². The van der Waals surface area contributed by atoms with Crippen molar-refractivity contribution in [2.24, 2.45) is 5.92 Å². The summed E-state index contributed by atoms with van der Waals surface area (Å²) in [5, 5.41) is 0. The standard InChI is InChI=1S/C14H21BrN2O2S/c1-11(2)17-8-7-12(10-17)9-16-20(18,19)14-5-3-13(15)4-6-14/h3-6,11-12,16H,7-10H2,1-2H3. The van der Waals surface area contributed by atoms with Gasteiger partial charge in [0.1, 0.15) is 0 Å². The molecule has 1 N–H and O–H groups in total. The van der Waals surface area contributed by atoms with E-state index in [9.17, 15) is 8.42 Å². The maximum atomic E-state index is 12.2. The summed E-state index contributed by atoms with van der Waals surface area (Å²) in [5.41, 5.74) is 0. The highest BCUT2D eigenvalue weighted by Gasteiger charge is 2.25. The highest BCUT2D eigenvalue weighted by molar-refractivity contribution is 9.10. The molecule has 1 aliphatic rings. The first-order chi connectivity index (χ1) is 9.38. The number of sulfonamides is 1. The van der Waals surface area contributed by atoms with E-state index in [0.717, 1.165) is 24.0 Å². The Bertz CT molecular complexity index is 543. The lowest BCUT2D eigenvalue weighted by Crippen LogP contribution is -2.33. The van der Waals surface area contributed by atoms with E-state index in [0.29, 0.717) is 23.4 Å². The van der Waals surface area contributed by atoms with Gasteiger partial charge in [0.15, 0.2) is 0 Å². The minimum Gasteiger partial charge on any atom is -0.301 e. The van der Waals surface area contributed by atoms with E-state index in [1.807, 2.05) is 0 Å². The third kappa shape index (κ3) is 4.04. The second-order valence-corrected chi connectivity index (χ2v) is 8.23. The van der Waals surface area contributed by atoms with E-state index >= 15 is 0 Å². The molecule has 0 radical (unpaired) electrons. The molecule has 1 heterocycles. The fourth-order valence-corrected chi connectivity index (χ4v) is 3.80. The SMILES string of the molecule is CC(C)N1CCC(CNS(=O)(=O)c2ccc(Br)cc2)C1. The maximum Gasteiger partial charge on any atom is 0.240 e. The molecule has 0 spiro atoms.